The Bertz CT molecular complexity index is 419. The van der Waals surface area contributed by atoms with Crippen molar-refractivity contribution < 1.29 is 14.3 Å². The summed E-state index contributed by atoms with van der Waals surface area (Å²) < 4.78 is 11.7. The van der Waals surface area contributed by atoms with E-state index < -0.39 is 0 Å². The Morgan fingerprint density at radius 1 is 0.826 bits per heavy atom. The highest BCUT2D eigenvalue weighted by Gasteiger charge is 2.12. The van der Waals surface area contributed by atoms with Crippen LogP contribution >= 0.6 is 0 Å². The summed E-state index contributed by atoms with van der Waals surface area (Å²) in [4.78, 5) is 11.5. The van der Waals surface area contributed by atoms with Crippen LogP contribution in [-0.2, 0) is 0 Å². The quantitative estimate of drug-likeness (QED) is 0.344. The van der Waals surface area contributed by atoms with Gasteiger partial charge in [-0.05, 0) is 37.5 Å². The lowest BCUT2D eigenvalue weighted by Crippen LogP contribution is -2.05. The molecule has 0 aliphatic heterocycles. The van der Waals surface area contributed by atoms with Gasteiger partial charge >= 0.3 is 0 Å². The van der Waals surface area contributed by atoms with Gasteiger partial charge in [-0.1, -0.05) is 52.4 Å². The van der Waals surface area contributed by atoms with E-state index in [2.05, 4.69) is 13.8 Å². The average Bonchev–Trinajstić information content (AvgIpc) is 2.54. The lowest BCUT2D eigenvalue weighted by molar-refractivity contribution is 0.111. The highest BCUT2D eigenvalue weighted by Crippen LogP contribution is 2.29. The van der Waals surface area contributed by atoms with Crippen molar-refractivity contribution in [2.75, 3.05) is 13.2 Å². The molecule has 0 amide bonds. The fourth-order valence-electron chi connectivity index (χ4n) is 2.51. The van der Waals surface area contributed by atoms with E-state index in [-0.39, 0.29) is 0 Å². The largest absolute Gasteiger partial charge is 0.493 e. The van der Waals surface area contributed by atoms with E-state index in [9.17, 15) is 4.79 Å². The summed E-state index contributed by atoms with van der Waals surface area (Å²) in [5.41, 5.74) is 1.60. The number of aryl methyl sites for hydroxylation is 1. The molecule has 0 aliphatic rings. The summed E-state index contributed by atoms with van der Waals surface area (Å²) in [5, 5.41) is 0. The number of carbonyl (C=O) groups excluding carboxylic acids is 1. The van der Waals surface area contributed by atoms with E-state index in [1.165, 1.54) is 38.5 Å². The maximum atomic E-state index is 11.5. The van der Waals surface area contributed by atoms with Crippen LogP contribution in [0.5, 0.6) is 11.5 Å². The molecule has 0 saturated heterocycles. The molecule has 130 valence electrons. The van der Waals surface area contributed by atoms with Crippen molar-refractivity contribution in [2.45, 2.75) is 72.1 Å². The minimum atomic E-state index is 0.543. The highest BCUT2D eigenvalue weighted by atomic mass is 16.5. The first-order valence-corrected chi connectivity index (χ1v) is 9.08. The SMILES string of the molecule is CCCCCCOc1cc(C)cc(OCCCCCC)c1C=O. The number of ether oxygens (including phenoxy) is 2. The van der Waals surface area contributed by atoms with E-state index in [1.807, 2.05) is 19.1 Å². The predicted octanol–water partition coefficient (Wildman–Crippen LogP) is 5.73. The van der Waals surface area contributed by atoms with E-state index in [1.54, 1.807) is 0 Å². The van der Waals surface area contributed by atoms with Crippen LogP contribution in [0.2, 0.25) is 0 Å². The Hall–Kier alpha value is -1.51. The van der Waals surface area contributed by atoms with Gasteiger partial charge < -0.3 is 9.47 Å². The Kier molecular flexibility index (Phi) is 10.2. The Labute approximate surface area is 141 Å². The Morgan fingerprint density at radius 3 is 1.70 bits per heavy atom. The van der Waals surface area contributed by atoms with Crippen LogP contribution in [0.3, 0.4) is 0 Å². The topological polar surface area (TPSA) is 35.5 Å². The molecule has 0 fully saturated rings. The number of rotatable bonds is 13. The van der Waals surface area contributed by atoms with Crippen LogP contribution < -0.4 is 9.47 Å². The summed E-state index contributed by atoms with van der Waals surface area (Å²) in [7, 11) is 0. The van der Waals surface area contributed by atoms with E-state index in [4.69, 9.17) is 9.47 Å². The van der Waals surface area contributed by atoms with E-state index in [0.29, 0.717) is 30.3 Å². The molecule has 0 saturated carbocycles. The third-order valence-corrected chi connectivity index (χ3v) is 3.88. The minimum absolute atomic E-state index is 0.543. The molecule has 3 nitrogen and oxygen atoms in total. The minimum Gasteiger partial charge on any atom is -0.493 e. The van der Waals surface area contributed by atoms with E-state index in [0.717, 1.165) is 24.7 Å². The molecule has 0 bridgehead atoms. The number of benzene rings is 1. The van der Waals surface area contributed by atoms with Crippen molar-refractivity contribution >= 4 is 6.29 Å². The molecule has 0 unspecified atom stereocenters. The first kappa shape index (κ1) is 19.5. The lowest BCUT2D eigenvalue weighted by atomic mass is 10.1. The fourth-order valence-corrected chi connectivity index (χ4v) is 2.51. The average molecular weight is 320 g/mol. The van der Waals surface area contributed by atoms with Gasteiger partial charge in [0.2, 0.25) is 0 Å². The lowest BCUT2D eigenvalue weighted by Gasteiger charge is -2.14. The molecule has 0 radical (unpaired) electrons. The number of carbonyl (C=O) groups is 1. The smallest absolute Gasteiger partial charge is 0.157 e. The first-order chi connectivity index (χ1) is 11.2. The third-order valence-electron chi connectivity index (χ3n) is 3.88. The van der Waals surface area contributed by atoms with Crippen molar-refractivity contribution in [3.63, 3.8) is 0 Å². The summed E-state index contributed by atoms with van der Waals surface area (Å²) in [5.74, 6) is 1.31. The summed E-state index contributed by atoms with van der Waals surface area (Å²) >= 11 is 0. The number of aldehydes is 1. The normalized spacial score (nSPS) is 10.6. The van der Waals surface area contributed by atoms with Gasteiger partial charge in [-0.25, -0.2) is 0 Å². The molecule has 0 aromatic heterocycles. The van der Waals surface area contributed by atoms with Crippen molar-refractivity contribution in [1.82, 2.24) is 0 Å². The van der Waals surface area contributed by atoms with E-state index >= 15 is 0 Å². The molecule has 1 aromatic carbocycles. The van der Waals surface area contributed by atoms with Gasteiger partial charge in [0.25, 0.3) is 0 Å². The van der Waals surface area contributed by atoms with Crippen LogP contribution in [0.1, 0.15) is 81.1 Å². The summed E-state index contributed by atoms with van der Waals surface area (Å²) in [6.45, 7) is 7.69. The maximum absolute atomic E-state index is 11.5. The van der Waals surface area contributed by atoms with Gasteiger partial charge in [-0.2, -0.15) is 0 Å². The first-order valence-electron chi connectivity index (χ1n) is 9.08. The van der Waals surface area contributed by atoms with Crippen molar-refractivity contribution in [3.05, 3.63) is 23.3 Å². The maximum Gasteiger partial charge on any atom is 0.157 e. The molecule has 0 heterocycles. The standard InChI is InChI=1S/C20H32O3/c1-4-6-8-10-12-22-19-14-17(3)15-20(18(19)16-21)23-13-11-9-7-5-2/h14-16H,4-13H2,1-3H3. The molecule has 3 heteroatoms. The molecule has 0 atom stereocenters. The van der Waals surface area contributed by atoms with Crippen LogP contribution in [0.15, 0.2) is 12.1 Å². The molecule has 0 spiro atoms. The van der Waals surface area contributed by atoms with Gasteiger partial charge in [-0.15, -0.1) is 0 Å². The molecule has 1 rings (SSSR count). The van der Waals surface area contributed by atoms with Crippen LogP contribution in [0.25, 0.3) is 0 Å². The molecule has 1 aromatic rings. The number of hydrogen-bond donors (Lipinski definition) is 0. The molecule has 0 N–H and O–H groups in total. The highest BCUT2D eigenvalue weighted by molar-refractivity contribution is 5.84. The zero-order valence-corrected chi connectivity index (χ0v) is 15.0. The van der Waals surface area contributed by atoms with Gasteiger partial charge in [0.1, 0.15) is 11.5 Å². The molecular formula is C20H32O3. The van der Waals surface area contributed by atoms with Gasteiger partial charge in [0.15, 0.2) is 6.29 Å². The van der Waals surface area contributed by atoms with Crippen LogP contribution in [0, 0.1) is 6.92 Å². The van der Waals surface area contributed by atoms with Gasteiger partial charge in [0, 0.05) is 0 Å². The molecule has 23 heavy (non-hydrogen) atoms. The zero-order valence-electron chi connectivity index (χ0n) is 15.0. The fraction of sp³-hybridized carbons (Fsp3) is 0.650. The summed E-state index contributed by atoms with van der Waals surface area (Å²) in [6.07, 6.45) is 10.1. The van der Waals surface area contributed by atoms with Crippen molar-refractivity contribution in [1.29, 1.82) is 0 Å². The molecule has 0 aliphatic carbocycles. The van der Waals surface area contributed by atoms with Gasteiger partial charge in [-0.3, -0.25) is 4.79 Å². The second-order valence-electron chi connectivity index (χ2n) is 6.11. The Morgan fingerprint density at radius 2 is 1.30 bits per heavy atom. The monoisotopic (exact) mass is 320 g/mol. The van der Waals surface area contributed by atoms with Crippen molar-refractivity contribution in [3.8, 4) is 11.5 Å². The molecular weight excluding hydrogens is 288 g/mol. The predicted molar refractivity (Wildman–Crippen MR) is 95.8 cm³/mol. The van der Waals surface area contributed by atoms with Crippen molar-refractivity contribution in [2.24, 2.45) is 0 Å². The van der Waals surface area contributed by atoms with Crippen LogP contribution in [0.4, 0.5) is 0 Å². The third kappa shape index (κ3) is 7.54. The second-order valence-corrected chi connectivity index (χ2v) is 6.11. The van der Waals surface area contributed by atoms with Gasteiger partial charge in [0.05, 0.1) is 18.8 Å². The number of hydrogen-bond acceptors (Lipinski definition) is 3. The summed E-state index contributed by atoms with van der Waals surface area (Å²) in [6, 6.07) is 3.85. The zero-order chi connectivity index (χ0) is 16.9. The number of unbranched alkanes of at least 4 members (excludes halogenated alkanes) is 6. The Balaban J connectivity index is 2.61. The van der Waals surface area contributed by atoms with Crippen LogP contribution in [-0.4, -0.2) is 19.5 Å². The second kappa shape index (κ2) is 12.0.